The van der Waals surface area contributed by atoms with Crippen LogP contribution in [-0.2, 0) is 4.79 Å². The molecular weight excluding hydrogens is 206 g/mol. The number of ether oxygens (including phenoxy) is 1. The molecule has 88 valence electrons. The molecule has 0 saturated heterocycles. The van der Waals surface area contributed by atoms with Crippen molar-refractivity contribution in [2.75, 3.05) is 14.2 Å². The predicted molar refractivity (Wildman–Crippen MR) is 61.3 cm³/mol. The summed E-state index contributed by atoms with van der Waals surface area (Å²) in [5.41, 5.74) is 0.767. The predicted octanol–water partition coefficient (Wildman–Crippen LogP) is 1.25. The lowest BCUT2D eigenvalue weighted by Crippen LogP contribution is -2.18. The molecule has 0 heterocycles. The topological polar surface area (TPSA) is 58.6 Å². The zero-order valence-corrected chi connectivity index (χ0v) is 9.56. The van der Waals surface area contributed by atoms with Gasteiger partial charge in [0.05, 0.1) is 13.2 Å². The van der Waals surface area contributed by atoms with Gasteiger partial charge in [0.1, 0.15) is 5.75 Å². The van der Waals surface area contributed by atoms with Gasteiger partial charge >= 0.3 is 0 Å². The Bertz CT molecular complexity index is 352. The zero-order valence-electron chi connectivity index (χ0n) is 9.56. The van der Waals surface area contributed by atoms with Gasteiger partial charge in [-0.25, -0.2) is 0 Å². The van der Waals surface area contributed by atoms with E-state index in [-0.39, 0.29) is 5.91 Å². The van der Waals surface area contributed by atoms with Crippen molar-refractivity contribution in [1.29, 1.82) is 0 Å². The van der Waals surface area contributed by atoms with Gasteiger partial charge in [-0.15, -0.1) is 0 Å². The Morgan fingerprint density at radius 2 is 2.31 bits per heavy atom. The molecule has 4 heteroatoms. The Labute approximate surface area is 95.2 Å². The molecule has 1 rings (SSSR count). The van der Waals surface area contributed by atoms with Crippen LogP contribution in [0.2, 0.25) is 0 Å². The van der Waals surface area contributed by atoms with E-state index in [4.69, 9.17) is 4.74 Å². The highest BCUT2D eigenvalue weighted by molar-refractivity contribution is 5.75. The number of hydrogen-bond donors (Lipinski definition) is 2. The average Bonchev–Trinajstić information content (AvgIpc) is 2.35. The first kappa shape index (κ1) is 12.5. The largest absolute Gasteiger partial charge is 0.497 e. The Hall–Kier alpha value is -1.55. The number of aliphatic hydroxyl groups is 1. The summed E-state index contributed by atoms with van der Waals surface area (Å²) >= 11 is 0. The third-order valence-corrected chi connectivity index (χ3v) is 2.40. The summed E-state index contributed by atoms with van der Waals surface area (Å²) in [6.45, 7) is 0. The van der Waals surface area contributed by atoms with Gasteiger partial charge in [-0.2, -0.15) is 0 Å². The molecule has 0 saturated carbocycles. The fourth-order valence-electron chi connectivity index (χ4n) is 1.41. The lowest BCUT2D eigenvalue weighted by atomic mass is 10.0. The van der Waals surface area contributed by atoms with Gasteiger partial charge < -0.3 is 15.2 Å². The Balaban J connectivity index is 2.58. The second-order valence-electron chi connectivity index (χ2n) is 3.50. The monoisotopic (exact) mass is 223 g/mol. The van der Waals surface area contributed by atoms with Crippen LogP contribution in [0.5, 0.6) is 5.75 Å². The number of aliphatic hydroxyl groups excluding tert-OH is 1. The normalized spacial score (nSPS) is 11.9. The first-order chi connectivity index (χ1) is 7.67. The summed E-state index contributed by atoms with van der Waals surface area (Å²) in [5, 5.41) is 12.4. The Morgan fingerprint density at radius 3 is 2.94 bits per heavy atom. The third-order valence-electron chi connectivity index (χ3n) is 2.40. The van der Waals surface area contributed by atoms with E-state index in [1.54, 1.807) is 20.2 Å². The summed E-state index contributed by atoms with van der Waals surface area (Å²) in [6, 6.07) is 7.22. The van der Waals surface area contributed by atoms with E-state index in [0.717, 1.165) is 5.56 Å². The van der Waals surface area contributed by atoms with E-state index >= 15 is 0 Å². The van der Waals surface area contributed by atoms with Crippen molar-refractivity contribution in [3.05, 3.63) is 29.8 Å². The van der Waals surface area contributed by atoms with Crippen molar-refractivity contribution < 1.29 is 14.6 Å². The maximum absolute atomic E-state index is 11.0. The van der Waals surface area contributed by atoms with E-state index in [1.807, 2.05) is 18.2 Å². The molecule has 0 spiro atoms. The highest BCUT2D eigenvalue weighted by Gasteiger charge is 2.10. The second-order valence-corrected chi connectivity index (χ2v) is 3.50. The number of amides is 1. The number of nitrogens with one attached hydrogen (secondary N) is 1. The molecule has 0 aliphatic rings. The zero-order chi connectivity index (χ0) is 12.0. The van der Waals surface area contributed by atoms with E-state index in [2.05, 4.69) is 5.32 Å². The van der Waals surface area contributed by atoms with Crippen LogP contribution in [0.25, 0.3) is 0 Å². The molecule has 0 bridgehead atoms. The Morgan fingerprint density at radius 1 is 1.56 bits per heavy atom. The first-order valence-electron chi connectivity index (χ1n) is 5.20. The van der Waals surface area contributed by atoms with E-state index in [0.29, 0.717) is 18.6 Å². The van der Waals surface area contributed by atoms with Crippen LogP contribution >= 0.6 is 0 Å². The number of rotatable bonds is 5. The molecule has 0 aliphatic carbocycles. The fraction of sp³-hybridized carbons (Fsp3) is 0.417. The van der Waals surface area contributed by atoms with Crippen molar-refractivity contribution >= 4 is 5.91 Å². The van der Waals surface area contributed by atoms with Gasteiger partial charge in [-0.1, -0.05) is 12.1 Å². The van der Waals surface area contributed by atoms with Gasteiger partial charge in [0.25, 0.3) is 0 Å². The summed E-state index contributed by atoms with van der Waals surface area (Å²) in [4.78, 5) is 11.0. The summed E-state index contributed by atoms with van der Waals surface area (Å²) in [7, 11) is 3.16. The van der Waals surface area contributed by atoms with Crippen molar-refractivity contribution in [1.82, 2.24) is 5.32 Å². The molecule has 1 atom stereocenters. The Kier molecular flexibility index (Phi) is 4.79. The van der Waals surface area contributed by atoms with E-state index < -0.39 is 6.10 Å². The van der Waals surface area contributed by atoms with Crippen molar-refractivity contribution in [3.63, 3.8) is 0 Å². The minimum atomic E-state index is -0.632. The van der Waals surface area contributed by atoms with Crippen LogP contribution in [0, 0.1) is 0 Å². The molecule has 0 aromatic heterocycles. The van der Waals surface area contributed by atoms with Crippen LogP contribution in [0.3, 0.4) is 0 Å². The van der Waals surface area contributed by atoms with Crippen molar-refractivity contribution in [3.8, 4) is 5.75 Å². The van der Waals surface area contributed by atoms with E-state index in [9.17, 15) is 9.90 Å². The molecule has 2 N–H and O–H groups in total. The van der Waals surface area contributed by atoms with E-state index in [1.165, 1.54) is 0 Å². The summed E-state index contributed by atoms with van der Waals surface area (Å²) in [5.74, 6) is 0.637. The number of benzene rings is 1. The average molecular weight is 223 g/mol. The minimum Gasteiger partial charge on any atom is -0.497 e. The SMILES string of the molecule is CNC(=O)CCC(O)c1cccc(OC)c1. The highest BCUT2D eigenvalue weighted by Crippen LogP contribution is 2.22. The van der Waals surface area contributed by atoms with Crippen molar-refractivity contribution in [2.24, 2.45) is 0 Å². The number of carbonyl (C=O) groups is 1. The molecule has 0 fully saturated rings. The quantitative estimate of drug-likeness (QED) is 0.790. The van der Waals surface area contributed by atoms with Crippen LogP contribution in [0.1, 0.15) is 24.5 Å². The molecule has 0 radical (unpaired) electrons. The smallest absolute Gasteiger partial charge is 0.219 e. The van der Waals surface area contributed by atoms with Crippen LogP contribution in [0.4, 0.5) is 0 Å². The molecule has 1 aromatic rings. The molecular formula is C12H17NO3. The lowest BCUT2D eigenvalue weighted by molar-refractivity contribution is -0.121. The molecule has 16 heavy (non-hydrogen) atoms. The van der Waals surface area contributed by atoms with Crippen LogP contribution in [0.15, 0.2) is 24.3 Å². The van der Waals surface area contributed by atoms with Gasteiger partial charge in [0, 0.05) is 13.5 Å². The fourth-order valence-corrected chi connectivity index (χ4v) is 1.41. The number of hydrogen-bond acceptors (Lipinski definition) is 3. The lowest BCUT2D eigenvalue weighted by Gasteiger charge is -2.11. The van der Waals surface area contributed by atoms with Crippen LogP contribution in [-0.4, -0.2) is 25.2 Å². The maximum Gasteiger partial charge on any atom is 0.219 e. The maximum atomic E-state index is 11.0. The van der Waals surface area contributed by atoms with Gasteiger partial charge in [0.2, 0.25) is 5.91 Å². The molecule has 1 unspecified atom stereocenters. The third kappa shape index (κ3) is 3.55. The molecule has 4 nitrogen and oxygen atoms in total. The molecule has 0 aliphatic heterocycles. The van der Waals surface area contributed by atoms with Gasteiger partial charge in [-0.05, 0) is 24.1 Å². The van der Waals surface area contributed by atoms with Gasteiger partial charge in [-0.3, -0.25) is 4.79 Å². The molecule has 1 aromatic carbocycles. The summed E-state index contributed by atoms with van der Waals surface area (Å²) in [6.07, 6.45) is 0.0919. The van der Waals surface area contributed by atoms with Crippen molar-refractivity contribution in [2.45, 2.75) is 18.9 Å². The standard InChI is InChI=1S/C12H17NO3/c1-13-12(15)7-6-11(14)9-4-3-5-10(8-9)16-2/h3-5,8,11,14H,6-7H2,1-2H3,(H,13,15). The second kappa shape index (κ2) is 6.12. The number of methoxy groups -OCH3 is 1. The summed E-state index contributed by atoms with van der Waals surface area (Å²) < 4.78 is 5.06. The molecule has 1 amide bonds. The highest BCUT2D eigenvalue weighted by atomic mass is 16.5. The van der Waals surface area contributed by atoms with Crippen LogP contribution < -0.4 is 10.1 Å². The van der Waals surface area contributed by atoms with Gasteiger partial charge in [0.15, 0.2) is 0 Å². The minimum absolute atomic E-state index is 0.0676. The first-order valence-corrected chi connectivity index (χ1v) is 5.20. The number of carbonyl (C=O) groups excluding carboxylic acids is 1.